The SMILES string of the molecule is Cc1c(N2c3c(ccc4ccccc34)-c3cccc4cccc2c34)nc2c(oc3ccccc32)c1-c1ccccc1. The van der Waals surface area contributed by atoms with Crippen LogP contribution in [-0.4, -0.2) is 4.98 Å². The molecule has 1 aliphatic rings. The van der Waals surface area contributed by atoms with Gasteiger partial charge < -0.3 is 4.42 Å². The summed E-state index contributed by atoms with van der Waals surface area (Å²) in [7, 11) is 0. The molecule has 0 radical (unpaired) electrons. The summed E-state index contributed by atoms with van der Waals surface area (Å²) in [6.07, 6.45) is 0. The van der Waals surface area contributed by atoms with Crippen LogP contribution in [-0.2, 0) is 0 Å². The third-order valence-corrected chi connectivity index (χ3v) is 8.54. The Balaban J connectivity index is 1.49. The summed E-state index contributed by atoms with van der Waals surface area (Å²) in [5, 5.41) is 5.90. The number of aromatic nitrogens is 1. The van der Waals surface area contributed by atoms with Gasteiger partial charge in [-0.2, -0.15) is 0 Å². The van der Waals surface area contributed by atoms with E-state index in [2.05, 4.69) is 127 Å². The quantitative estimate of drug-likeness (QED) is 0.225. The average molecular weight is 525 g/mol. The van der Waals surface area contributed by atoms with Crippen LogP contribution in [0.15, 0.2) is 132 Å². The van der Waals surface area contributed by atoms with Gasteiger partial charge in [0.05, 0.1) is 11.4 Å². The lowest BCUT2D eigenvalue weighted by Gasteiger charge is -2.35. The smallest absolute Gasteiger partial charge is 0.162 e. The van der Waals surface area contributed by atoms with Crippen molar-refractivity contribution in [3.05, 3.63) is 133 Å². The largest absolute Gasteiger partial charge is 0.454 e. The molecule has 41 heavy (non-hydrogen) atoms. The van der Waals surface area contributed by atoms with Crippen LogP contribution in [0.4, 0.5) is 17.2 Å². The molecule has 3 heterocycles. The molecule has 192 valence electrons. The van der Waals surface area contributed by atoms with E-state index in [0.717, 1.165) is 56.0 Å². The van der Waals surface area contributed by atoms with Gasteiger partial charge >= 0.3 is 0 Å². The van der Waals surface area contributed by atoms with Gasteiger partial charge in [-0.05, 0) is 47.0 Å². The first-order valence-corrected chi connectivity index (χ1v) is 14.0. The number of benzene rings is 6. The predicted octanol–water partition coefficient (Wildman–Crippen LogP) is 10.7. The minimum atomic E-state index is 0.826. The first kappa shape index (κ1) is 22.4. The molecule has 8 aromatic rings. The summed E-state index contributed by atoms with van der Waals surface area (Å²) in [6, 6.07) is 45.1. The molecular weight excluding hydrogens is 500 g/mol. The Morgan fingerprint density at radius 3 is 2.22 bits per heavy atom. The van der Waals surface area contributed by atoms with Crippen LogP contribution < -0.4 is 4.90 Å². The molecule has 6 aromatic carbocycles. The average Bonchev–Trinajstić information content (AvgIpc) is 3.39. The van der Waals surface area contributed by atoms with E-state index in [4.69, 9.17) is 9.40 Å². The molecule has 0 saturated carbocycles. The molecule has 0 atom stereocenters. The third-order valence-electron chi connectivity index (χ3n) is 8.54. The monoisotopic (exact) mass is 524 g/mol. The van der Waals surface area contributed by atoms with Crippen molar-refractivity contribution in [2.45, 2.75) is 6.92 Å². The van der Waals surface area contributed by atoms with Gasteiger partial charge in [0, 0.05) is 32.8 Å². The second-order valence-corrected chi connectivity index (χ2v) is 10.8. The molecule has 3 heteroatoms. The second kappa shape index (κ2) is 8.30. The van der Waals surface area contributed by atoms with Crippen molar-refractivity contribution < 1.29 is 4.42 Å². The lowest BCUT2D eigenvalue weighted by molar-refractivity contribution is 0.669. The van der Waals surface area contributed by atoms with E-state index >= 15 is 0 Å². The van der Waals surface area contributed by atoms with Gasteiger partial charge in [0.1, 0.15) is 16.9 Å². The fourth-order valence-corrected chi connectivity index (χ4v) is 6.74. The minimum Gasteiger partial charge on any atom is -0.454 e. The van der Waals surface area contributed by atoms with E-state index in [0.29, 0.717) is 0 Å². The lowest BCUT2D eigenvalue weighted by atomic mass is 9.88. The van der Waals surface area contributed by atoms with Crippen LogP contribution in [0, 0.1) is 6.92 Å². The molecule has 0 bridgehead atoms. The van der Waals surface area contributed by atoms with E-state index < -0.39 is 0 Å². The van der Waals surface area contributed by atoms with Crippen molar-refractivity contribution in [3.8, 4) is 22.3 Å². The maximum absolute atomic E-state index is 6.53. The first-order valence-electron chi connectivity index (χ1n) is 14.0. The zero-order chi connectivity index (χ0) is 27.1. The molecule has 0 unspecified atom stereocenters. The maximum Gasteiger partial charge on any atom is 0.162 e. The van der Waals surface area contributed by atoms with E-state index in [9.17, 15) is 0 Å². The number of hydrogen-bond acceptors (Lipinski definition) is 3. The van der Waals surface area contributed by atoms with Crippen molar-refractivity contribution in [1.82, 2.24) is 4.98 Å². The Labute approximate surface area is 236 Å². The Kier molecular flexibility index (Phi) is 4.53. The van der Waals surface area contributed by atoms with Crippen LogP contribution in [0.25, 0.3) is 65.9 Å². The number of rotatable bonds is 2. The molecule has 9 rings (SSSR count). The number of anilines is 3. The van der Waals surface area contributed by atoms with E-state index in [1.54, 1.807) is 0 Å². The van der Waals surface area contributed by atoms with Gasteiger partial charge in [0.2, 0.25) is 0 Å². The van der Waals surface area contributed by atoms with Crippen LogP contribution >= 0.6 is 0 Å². The highest BCUT2D eigenvalue weighted by molar-refractivity contribution is 6.19. The van der Waals surface area contributed by atoms with Crippen molar-refractivity contribution in [3.63, 3.8) is 0 Å². The highest BCUT2D eigenvalue weighted by Gasteiger charge is 2.31. The number of hydrogen-bond donors (Lipinski definition) is 0. The molecule has 3 nitrogen and oxygen atoms in total. The maximum atomic E-state index is 6.53. The lowest BCUT2D eigenvalue weighted by Crippen LogP contribution is -2.18. The standard InChI is InChI=1S/C38H24N2O/c1-23-33(25-12-3-2-4-13-25)37-35(30-17-7-8-20-32(30)41-37)39-38(23)40-31-19-10-15-26-14-9-18-28(34(26)31)29-22-21-24-11-5-6-16-27(24)36(29)40/h2-22H,1H3. The molecule has 1 aliphatic heterocycles. The summed E-state index contributed by atoms with van der Waals surface area (Å²) in [5.41, 5.74) is 10.6. The number of fused-ring (bicyclic) bond motifs is 7. The van der Waals surface area contributed by atoms with Crippen LogP contribution in [0.3, 0.4) is 0 Å². The van der Waals surface area contributed by atoms with Gasteiger partial charge in [0.25, 0.3) is 0 Å². The van der Waals surface area contributed by atoms with E-state index in [-0.39, 0.29) is 0 Å². The summed E-state index contributed by atoms with van der Waals surface area (Å²) in [6.45, 7) is 2.18. The zero-order valence-electron chi connectivity index (χ0n) is 22.4. The molecule has 0 amide bonds. The Hall–Kier alpha value is -5.41. The number of para-hydroxylation sites is 1. The molecule has 0 N–H and O–H groups in total. The molecular formula is C38H24N2O. The number of nitrogens with zero attached hydrogens (tertiary/aromatic N) is 2. The van der Waals surface area contributed by atoms with Crippen LogP contribution in [0.1, 0.15) is 5.56 Å². The van der Waals surface area contributed by atoms with Crippen LogP contribution in [0.2, 0.25) is 0 Å². The predicted molar refractivity (Wildman–Crippen MR) is 170 cm³/mol. The summed E-state index contributed by atoms with van der Waals surface area (Å²) < 4.78 is 6.53. The highest BCUT2D eigenvalue weighted by atomic mass is 16.3. The van der Waals surface area contributed by atoms with Crippen molar-refractivity contribution >= 4 is 60.8 Å². The topological polar surface area (TPSA) is 29.3 Å². The van der Waals surface area contributed by atoms with Gasteiger partial charge in [-0.1, -0.05) is 109 Å². The van der Waals surface area contributed by atoms with Gasteiger partial charge in [-0.15, -0.1) is 0 Å². The summed E-state index contributed by atoms with van der Waals surface area (Å²) >= 11 is 0. The fraction of sp³-hybridized carbons (Fsp3) is 0.0263. The van der Waals surface area contributed by atoms with Crippen molar-refractivity contribution in [1.29, 1.82) is 0 Å². The molecule has 0 spiro atoms. The Bertz CT molecular complexity index is 2330. The molecule has 0 fully saturated rings. The molecule has 0 saturated heterocycles. The van der Waals surface area contributed by atoms with E-state index in [1.807, 2.05) is 12.1 Å². The van der Waals surface area contributed by atoms with Crippen LogP contribution in [0.5, 0.6) is 0 Å². The summed E-state index contributed by atoms with van der Waals surface area (Å²) in [4.78, 5) is 7.87. The zero-order valence-corrected chi connectivity index (χ0v) is 22.4. The van der Waals surface area contributed by atoms with Crippen molar-refractivity contribution in [2.24, 2.45) is 0 Å². The van der Waals surface area contributed by atoms with Gasteiger partial charge in [0.15, 0.2) is 5.58 Å². The Morgan fingerprint density at radius 1 is 0.610 bits per heavy atom. The van der Waals surface area contributed by atoms with Crippen molar-refractivity contribution in [2.75, 3.05) is 4.90 Å². The van der Waals surface area contributed by atoms with Gasteiger partial charge in [-0.3, -0.25) is 4.90 Å². The minimum absolute atomic E-state index is 0.826. The number of pyridine rings is 1. The fourth-order valence-electron chi connectivity index (χ4n) is 6.74. The van der Waals surface area contributed by atoms with E-state index in [1.165, 1.54) is 32.7 Å². The molecule has 2 aromatic heterocycles. The second-order valence-electron chi connectivity index (χ2n) is 10.8. The normalized spacial score (nSPS) is 12.5. The van der Waals surface area contributed by atoms with Gasteiger partial charge in [-0.25, -0.2) is 4.98 Å². The molecule has 0 aliphatic carbocycles. The third kappa shape index (κ3) is 3.06. The Morgan fingerprint density at radius 2 is 1.34 bits per heavy atom. The first-order chi connectivity index (χ1) is 20.3. The highest BCUT2D eigenvalue weighted by Crippen LogP contribution is 2.54. The summed E-state index contributed by atoms with van der Waals surface area (Å²) in [5.74, 6) is 0.919. The number of furan rings is 1.